The zero-order chi connectivity index (χ0) is 22.7. The van der Waals surface area contributed by atoms with Crippen molar-refractivity contribution >= 4 is 51.6 Å². The first-order chi connectivity index (χ1) is 15.5. The summed E-state index contributed by atoms with van der Waals surface area (Å²) in [6, 6.07) is 17.6. The Balaban J connectivity index is 1.50. The van der Waals surface area contributed by atoms with E-state index >= 15 is 0 Å². The number of halogens is 1. The van der Waals surface area contributed by atoms with Crippen molar-refractivity contribution in [3.63, 3.8) is 0 Å². The quantitative estimate of drug-likeness (QED) is 0.385. The van der Waals surface area contributed by atoms with Gasteiger partial charge in [-0.05, 0) is 66.8 Å². The maximum atomic E-state index is 12.6. The molecule has 4 rings (SSSR count). The fourth-order valence-corrected chi connectivity index (χ4v) is 3.46. The molecule has 162 valence electrons. The normalized spacial score (nSPS) is 10.6. The summed E-state index contributed by atoms with van der Waals surface area (Å²) in [5.74, 6) is 1.14. The summed E-state index contributed by atoms with van der Waals surface area (Å²) in [6.45, 7) is 0. The number of aromatic nitrogens is 1. The number of methoxy groups -OCH3 is 2. The molecule has 0 spiro atoms. The van der Waals surface area contributed by atoms with Crippen LogP contribution >= 0.6 is 23.8 Å². The van der Waals surface area contributed by atoms with Gasteiger partial charge in [0.15, 0.2) is 10.7 Å². The molecular formula is C23H18ClN3O4S. The smallest absolute Gasteiger partial charge is 0.261 e. The van der Waals surface area contributed by atoms with Crippen LogP contribution in [0.5, 0.6) is 11.5 Å². The number of ether oxygens (including phenoxy) is 2. The largest absolute Gasteiger partial charge is 0.497 e. The van der Waals surface area contributed by atoms with Gasteiger partial charge in [0, 0.05) is 16.3 Å². The Labute approximate surface area is 194 Å². The van der Waals surface area contributed by atoms with Crippen molar-refractivity contribution in [3.8, 4) is 23.0 Å². The number of rotatable bonds is 5. The Hall–Kier alpha value is -3.62. The van der Waals surface area contributed by atoms with Crippen LogP contribution in [0.25, 0.3) is 22.6 Å². The minimum atomic E-state index is -0.440. The van der Waals surface area contributed by atoms with E-state index < -0.39 is 5.91 Å². The van der Waals surface area contributed by atoms with E-state index in [2.05, 4.69) is 15.6 Å². The molecule has 0 unspecified atom stereocenters. The topological polar surface area (TPSA) is 85.6 Å². The molecule has 4 aromatic rings. The Morgan fingerprint density at radius 1 is 1.06 bits per heavy atom. The summed E-state index contributed by atoms with van der Waals surface area (Å²) in [4.78, 5) is 17.1. The number of oxazole rings is 1. The maximum Gasteiger partial charge on any atom is 0.261 e. The van der Waals surface area contributed by atoms with E-state index in [0.717, 1.165) is 5.56 Å². The number of hydrogen-bond acceptors (Lipinski definition) is 6. The Morgan fingerprint density at radius 3 is 2.69 bits per heavy atom. The number of nitrogens with one attached hydrogen (secondary N) is 2. The van der Waals surface area contributed by atoms with E-state index in [4.69, 9.17) is 37.7 Å². The number of fused-ring (bicyclic) bond motifs is 1. The highest BCUT2D eigenvalue weighted by Gasteiger charge is 2.15. The Bertz CT molecular complexity index is 1320. The number of nitrogens with zero attached hydrogens (tertiary/aromatic N) is 1. The third kappa shape index (κ3) is 4.66. The average molecular weight is 468 g/mol. The lowest BCUT2D eigenvalue weighted by Crippen LogP contribution is -2.34. The van der Waals surface area contributed by atoms with Gasteiger partial charge in [-0.1, -0.05) is 17.7 Å². The van der Waals surface area contributed by atoms with Crippen molar-refractivity contribution in [1.82, 2.24) is 10.3 Å². The van der Waals surface area contributed by atoms with Crippen LogP contribution in [0.2, 0.25) is 5.02 Å². The molecule has 0 bridgehead atoms. The molecule has 0 saturated heterocycles. The predicted molar refractivity (Wildman–Crippen MR) is 128 cm³/mol. The van der Waals surface area contributed by atoms with Gasteiger partial charge in [-0.3, -0.25) is 10.1 Å². The van der Waals surface area contributed by atoms with Crippen molar-refractivity contribution in [3.05, 3.63) is 71.2 Å². The fraction of sp³-hybridized carbons (Fsp3) is 0.0870. The zero-order valence-electron chi connectivity index (χ0n) is 17.1. The number of carbonyl (C=O) groups is 1. The Morgan fingerprint density at radius 2 is 1.91 bits per heavy atom. The molecule has 0 fully saturated rings. The van der Waals surface area contributed by atoms with Crippen molar-refractivity contribution in [2.75, 3.05) is 19.5 Å². The van der Waals surface area contributed by atoms with Crippen LogP contribution in [0.3, 0.4) is 0 Å². The van der Waals surface area contributed by atoms with E-state index in [1.54, 1.807) is 37.4 Å². The number of hydrogen-bond donors (Lipinski definition) is 2. The second kappa shape index (κ2) is 9.25. The summed E-state index contributed by atoms with van der Waals surface area (Å²) in [5, 5.41) is 6.13. The molecule has 0 atom stereocenters. The number of carbonyl (C=O) groups excluding carboxylic acids is 1. The molecule has 0 aliphatic heterocycles. The lowest BCUT2D eigenvalue weighted by Gasteiger charge is -2.12. The number of amides is 1. The van der Waals surface area contributed by atoms with Gasteiger partial charge in [0.1, 0.15) is 17.0 Å². The van der Waals surface area contributed by atoms with Crippen molar-refractivity contribution in [2.45, 2.75) is 0 Å². The van der Waals surface area contributed by atoms with Crippen LogP contribution in [0.4, 0.5) is 5.69 Å². The zero-order valence-corrected chi connectivity index (χ0v) is 18.7. The second-order valence-corrected chi connectivity index (χ2v) is 7.53. The average Bonchev–Trinajstić information content (AvgIpc) is 3.22. The van der Waals surface area contributed by atoms with Crippen molar-refractivity contribution < 1.29 is 18.7 Å². The lowest BCUT2D eigenvalue weighted by atomic mass is 10.2. The molecule has 7 nitrogen and oxygen atoms in total. The first-order valence-corrected chi connectivity index (χ1v) is 10.3. The summed E-state index contributed by atoms with van der Waals surface area (Å²) >= 11 is 11.3. The molecule has 3 aromatic carbocycles. The van der Waals surface area contributed by atoms with E-state index in [1.807, 2.05) is 24.3 Å². The number of thiocarbonyl (C=S) groups is 1. The highest BCUT2D eigenvalue weighted by molar-refractivity contribution is 7.80. The van der Waals surface area contributed by atoms with E-state index in [-0.39, 0.29) is 10.7 Å². The molecule has 1 amide bonds. The van der Waals surface area contributed by atoms with Gasteiger partial charge in [0.25, 0.3) is 5.91 Å². The van der Waals surface area contributed by atoms with Crippen molar-refractivity contribution in [2.24, 2.45) is 0 Å². The highest BCUT2D eigenvalue weighted by atomic mass is 35.5. The van der Waals surface area contributed by atoms with Crippen LogP contribution in [0.15, 0.2) is 65.1 Å². The summed E-state index contributed by atoms with van der Waals surface area (Å²) in [7, 11) is 3.08. The van der Waals surface area contributed by atoms with E-state index in [0.29, 0.717) is 39.2 Å². The first kappa shape index (κ1) is 21.6. The SMILES string of the molecule is COc1cccc(-c2nc3cc(NC(=S)NC(=O)c4cc(Cl)ccc4OC)ccc3o2)c1. The Kier molecular flexibility index (Phi) is 6.25. The van der Waals surface area contributed by atoms with Gasteiger partial charge in [-0.2, -0.15) is 0 Å². The van der Waals surface area contributed by atoms with E-state index in [9.17, 15) is 4.79 Å². The van der Waals surface area contributed by atoms with Gasteiger partial charge in [-0.25, -0.2) is 4.98 Å². The predicted octanol–water partition coefficient (Wildman–Crippen LogP) is 5.29. The monoisotopic (exact) mass is 467 g/mol. The molecule has 0 aliphatic rings. The third-order valence-electron chi connectivity index (χ3n) is 4.60. The van der Waals surface area contributed by atoms with E-state index in [1.165, 1.54) is 13.2 Å². The standard InChI is InChI=1S/C23H18ClN3O4S/c1-29-16-5-3-4-13(10-16)22-26-18-12-15(7-9-20(18)31-22)25-23(32)27-21(28)17-11-14(24)6-8-19(17)30-2/h3-12H,1-2H3,(H2,25,27,28,32). The van der Waals surface area contributed by atoms with Gasteiger partial charge in [0.05, 0.1) is 19.8 Å². The molecule has 9 heteroatoms. The summed E-state index contributed by atoms with van der Waals surface area (Å²) in [5.41, 5.74) is 2.98. The number of benzene rings is 3. The van der Waals surface area contributed by atoms with Crippen LogP contribution in [0.1, 0.15) is 10.4 Å². The molecule has 32 heavy (non-hydrogen) atoms. The molecule has 1 aromatic heterocycles. The van der Waals surface area contributed by atoms with Crippen LogP contribution in [0, 0.1) is 0 Å². The molecule has 1 heterocycles. The molecule has 0 aliphatic carbocycles. The summed E-state index contributed by atoms with van der Waals surface area (Å²) < 4.78 is 16.3. The lowest BCUT2D eigenvalue weighted by molar-refractivity contribution is 0.0975. The minimum absolute atomic E-state index is 0.118. The number of anilines is 1. The fourth-order valence-electron chi connectivity index (χ4n) is 3.08. The second-order valence-electron chi connectivity index (χ2n) is 6.69. The highest BCUT2D eigenvalue weighted by Crippen LogP contribution is 2.28. The van der Waals surface area contributed by atoms with Crippen LogP contribution < -0.4 is 20.1 Å². The first-order valence-electron chi connectivity index (χ1n) is 9.47. The molecule has 0 saturated carbocycles. The molecular weight excluding hydrogens is 450 g/mol. The molecule has 2 N–H and O–H groups in total. The van der Waals surface area contributed by atoms with Gasteiger partial charge in [-0.15, -0.1) is 0 Å². The van der Waals surface area contributed by atoms with Gasteiger partial charge >= 0.3 is 0 Å². The maximum absolute atomic E-state index is 12.6. The van der Waals surface area contributed by atoms with Crippen molar-refractivity contribution in [1.29, 1.82) is 0 Å². The van der Waals surface area contributed by atoms with Crippen LogP contribution in [-0.4, -0.2) is 30.2 Å². The van der Waals surface area contributed by atoms with Gasteiger partial charge in [0.2, 0.25) is 5.89 Å². The van der Waals surface area contributed by atoms with Crippen LogP contribution in [-0.2, 0) is 0 Å². The molecule has 0 radical (unpaired) electrons. The third-order valence-corrected chi connectivity index (χ3v) is 5.03. The minimum Gasteiger partial charge on any atom is -0.497 e. The summed E-state index contributed by atoms with van der Waals surface area (Å²) in [6.07, 6.45) is 0. The van der Waals surface area contributed by atoms with Gasteiger partial charge < -0.3 is 19.2 Å².